The molecule has 1 aliphatic rings. The van der Waals surface area contributed by atoms with Gasteiger partial charge in [0.05, 0.1) is 5.56 Å². The Hall–Kier alpha value is -2.49. The summed E-state index contributed by atoms with van der Waals surface area (Å²) in [6.45, 7) is 9.06. The van der Waals surface area contributed by atoms with E-state index in [1.807, 2.05) is 12.2 Å². The summed E-state index contributed by atoms with van der Waals surface area (Å²) in [5.41, 5.74) is 2.33. The highest BCUT2D eigenvalue weighted by Crippen LogP contribution is 2.36. The van der Waals surface area contributed by atoms with Gasteiger partial charge in [0, 0.05) is 0 Å². The summed E-state index contributed by atoms with van der Waals surface area (Å²) in [6.07, 6.45) is 14.2. The molecule has 1 aromatic rings. The Labute approximate surface area is 168 Å². The third-order valence-electron chi connectivity index (χ3n) is 5.46. The minimum absolute atomic E-state index is 0.0670. The third kappa shape index (κ3) is 6.59. The fourth-order valence-electron chi connectivity index (χ4n) is 3.25. The zero-order chi connectivity index (χ0) is 20.8. The van der Waals surface area contributed by atoms with Crippen molar-refractivity contribution in [2.45, 2.75) is 59.4 Å². The molecule has 0 radical (unpaired) electrons. The lowest BCUT2D eigenvalue weighted by Crippen LogP contribution is -2.18. The Morgan fingerprint density at radius 1 is 1.11 bits per heavy atom. The molecule has 0 fully saturated rings. The molecular formula is C24H31NO3. The first-order valence-corrected chi connectivity index (χ1v) is 9.85. The number of rotatable bonds is 5. The van der Waals surface area contributed by atoms with E-state index in [1.165, 1.54) is 6.42 Å². The Bertz CT molecular complexity index is 783. The first kappa shape index (κ1) is 21.8. The van der Waals surface area contributed by atoms with E-state index in [0.29, 0.717) is 0 Å². The van der Waals surface area contributed by atoms with Gasteiger partial charge in [0.2, 0.25) is 0 Å². The lowest BCUT2D eigenvalue weighted by molar-refractivity contribution is 0.0697. The van der Waals surface area contributed by atoms with Crippen LogP contribution in [0.2, 0.25) is 0 Å². The van der Waals surface area contributed by atoms with Gasteiger partial charge >= 0.3 is 5.97 Å². The van der Waals surface area contributed by atoms with Gasteiger partial charge < -0.3 is 5.11 Å². The second-order valence-corrected chi connectivity index (χ2v) is 9.07. The zero-order valence-corrected chi connectivity index (χ0v) is 17.3. The average Bonchev–Trinajstić information content (AvgIpc) is 2.64. The van der Waals surface area contributed by atoms with Crippen molar-refractivity contribution >= 4 is 12.0 Å². The van der Waals surface area contributed by atoms with Crippen molar-refractivity contribution in [3.05, 3.63) is 70.2 Å². The molecule has 0 aliphatic heterocycles. The monoisotopic (exact) mass is 381 g/mol. The molecule has 0 spiro atoms. The minimum Gasteiger partial charge on any atom is -0.478 e. The van der Waals surface area contributed by atoms with Crippen molar-refractivity contribution in [3.8, 4) is 0 Å². The number of aromatic carboxylic acids is 1. The van der Waals surface area contributed by atoms with Crippen molar-refractivity contribution in [1.29, 1.82) is 0 Å². The SMILES string of the molecule is CC1(C)C=CC(C(C=Cc2ccc(C(=O)O)cc2)N=O)=CCCC(C)(C)CC1. The van der Waals surface area contributed by atoms with Gasteiger partial charge in [0.1, 0.15) is 6.04 Å². The summed E-state index contributed by atoms with van der Waals surface area (Å²) in [6, 6.07) is 6.00. The average molecular weight is 382 g/mol. The molecule has 0 saturated carbocycles. The molecule has 1 aromatic carbocycles. The highest BCUT2D eigenvalue weighted by molar-refractivity contribution is 5.87. The maximum Gasteiger partial charge on any atom is 0.335 e. The second kappa shape index (κ2) is 9.13. The second-order valence-electron chi connectivity index (χ2n) is 9.07. The Kier molecular flexibility index (Phi) is 7.11. The molecule has 4 heteroatoms. The van der Waals surface area contributed by atoms with E-state index < -0.39 is 12.0 Å². The predicted octanol–water partition coefficient (Wildman–Crippen LogP) is 6.64. The topological polar surface area (TPSA) is 66.7 Å². The lowest BCUT2D eigenvalue weighted by atomic mass is 9.75. The highest BCUT2D eigenvalue weighted by Gasteiger charge is 2.24. The Morgan fingerprint density at radius 2 is 1.79 bits per heavy atom. The van der Waals surface area contributed by atoms with Gasteiger partial charge in [-0.15, -0.1) is 4.91 Å². The molecule has 0 amide bonds. The first-order valence-electron chi connectivity index (χ1n) is 9.85. The minimum atomic E-state index is -0.953. The molecule has 2 rings (SSSR count). The number of allylic oxidation sites excluding steroid dienone is 2. The summed E-state index contributed by atoms with van der Waals surface area (Å²) in [7, 11) is 0. The molecule has 28 heavy (non-hydrogen) atoms. The van der Waals surface area contributed by atoms with Crippen LogP contribution in [0.4, 0.5) is 0 Å². The zero-order valence-electron chi connectivity index (χ0n) is 17.3. The largest absolute Gasteiger partial charge is 0.478 e. The molecule has 1 aliphatic carbocycles. The van der Waals surface area contributed by atoms with Crippen LogP contribution in [-0.4, -0.2) is 17.1 Å². The van der Waals surface area contributed by atoms with Crippen LogP contribution in [0.3, 0.4) is 0 Å². The summed E-state index contributed by atoms with van der Waals surface area (Å²) < 4.78 is 0. The van der Waals surface area contributed by atoms with Crippen LogP contribution in [0.5, 0.6) is 0 Å². The summed E-state index contributed by atoms with van der Waals surface area (Å²) in [5.74, 6) is -0.953. The van der Waals surface area contributed by atoms with E-state index in [1.54, 1.807) is 30.3 Å². The highest BCUT2D eigenvalue weighted by atomic mass is 16.4. The third-order valence-corrected chi connectivity index (χ3v) is 5.46. The van der Waals surface area contributed by atoms with E-state index in [9.17, 15) is 9.70 Å². The fourth-order valence-corrected chi connectivity index (χ4v) is 3.25. The van der Waals surface area contributed by atoms with Crippen LogP contribution in [0.25, 0.3) is 6.08 Å². The van der Waals surface area contributed by atoms with Gasteiger partial charge in [-0.25, -0.2) is 4.79 Å². The maximum absolute atomic E-state index is 11.6. The number of nitroso groups, excluding NO2 is 1. The molecule has 0 saturated heterocycles. The predicted molar refractivity (Wildman–Crippen MR) is 115 cm³/mol. The first-order chi connectivity index (χ1) is 13.1. The Balaban J connectivity index is 2.24. The van der Waals surface area contributed by atoms with Crippen LogP contribution >= 0.6 is 0 Å². The summed E-state index contributed by atoms with van der Waals surface area (Å²) in [4.78, 5) is 22.5. The molecule has 0 bridgehead atoms. The lowest BCUT2D eigenvalue weighted by Gasteiger charge is -2.30. The molecule has 150 valence electrons. The molecule has 1 unspecified atom stereocenters. The van der Waals surface area contributed by atoms with Gasteiger partial charge in [-0.2, -0.15) is 0 Å². The summed E-state index contributed by atoms with van der Waals surface area (Å²) >= 11 is 0. The number of hydrogen-bond acceptors (Lipinski definition) is 3. The number of benzene rings is 1. The van der Waals surface area contributed by atoms with E-state index in [-0.39, 0.29) is 16.4 Å². The van der Waals surface area contributed by atoms with E-state index in [0.717, 1.165) is 30.4 Å². The molecule has 1 N–H and O–H groups in total. The summed E-state index contributed by atoms with van der Waals surface area (Å²) in [5, 5.41) is 12.3. The number of carboxylic acid groups (broad SMARTS) is 1. The van der Waals surface area contributed by atoms with Crippen molar-refractivity contribution < 1.29 is 9.90 Å². The van der Waals surface area contributed by atoms with E-state index >= 15 is 0 Å². The van der Waals surface area contributed by atoms with Crippen molar-refractivity contribution in [1.82, 2.24) is 0 Å². The van der Waals surface area contributed by atoms with E-state index in [4.69, 9.17) is 5.11 Å². The van der Waals surface area contributed by atoms with Crippen LogP contribution in [-0.2, 0) is 0 Å². The number of hydrogen-bond donors (Lipinski definition) is 1. The van der Waals surface area contributed by atoms with Gasteiger partial charge in [-0.1, -0.05) is 75.4 Å². The molecule has 0 heterocycles. The van der Waals surface area contributed by atoms with Gasteiger partial charge in [-0.05, 0) is 59.8 Å². The molecule has 0 aromatic heterocycles. The number of carbonyl (C=O) groups is 1. The van der Waals surface area contributed by atoms with Crippen molar-refractivity contribution in [2.75, 3.05) is 0 Å². The van der Waals surface area contributed by atoms with Gasteiger partial charge in [0.15, 0.2) is 0 Å². The number of carboxylic acids is 1. The Morgan fingerprint density at radius 3 is 2.39 bits per heavy atom. The van der Waals surface area contributed by atoms with Crippen molar-refractivity contribution in [3.63, 3.8) is 0 Å². The van der Waals surface area contributed by atoms with Crippen LogP contribution < -0.4 is 0 Å². The maximum atomic E-state index is 11.6. The van der Waals surface area contributed by atoms with Crippen molar-refractivity contribution in [2.24, 2.45) is 16.0 Å². The van der Waals surface area contributed by atoms with E-state index in [2.05, 4.69) is 45.0 Å². The fraction of sp³-hybridized carbons (Fsp3) is 0.458. The normalized spacial score (nSPS) is 20.4. The molecule has 1 atom stereocenters. The molecular weight excluding hydrogens is 350 g/mol. The number of nitrogens with zero attached hydrogens (tertiary/aromatic N) is 1. The van der Waals surface area contributed by atoms with Crippen LogP contribution in [0.1, 0.15) is 69.3 Å². The smallest absolute Gasteiger partial charge is 0.335 e. The van der Waals surface area contributed by atoms with Gasteiger partial charge in [-0.3, -0.25) is 0 Å². The quantitative estimate of drug-likeness (QED) is 0.581. The molecule has 4 nitrogen and oxygen atoms in total. The standard InChI is InChI=1S/C24H31NO3/c1-23(2)14-5-6-19(13-15-24(3,4)17-16-23)21(25-28)12-9-18-7-10-20(11-8-18)22(26)27/h6-13,15,21H,5,14,16-17H2,1-4H3,(H,26,27). The van der Waals surface area contributed by atoms with Crippen LogP contribution in [0.15, 0.2) is 59.3 Å². The van der Waals surface area contributed by atoms with Crippen LogP contribution in [0, 0.1) is 15.7 Å². The van der Waals surface area contributed by atoms with Gasteiger partial charge in [0.25, 0.3) is 0 Å².